The van der Waals surface area contributed by atoms with Gasteiger partial charge in [-0.25, -0.2) is 9.50 Å². The third-order valence-electron chi connectivity index (χ3n) is 3.95. The molecule has 6 nitrogen and oxygen atoms in total. The zero-order chi connectivity index (χ0) is 15.3. The van der Waals surface area contributed by atoms with Gasteiger partial charge in [0.25, 0.3) is 5.91 Å². The molecule has 3 aromatic heterocycles. The van der Waals surface area contributed by atoms with E-state index >= 15 is 0 Å². The van der Waals surface area contributed by atoms with Gasteiger partial charge in [0.1, 0.15) is 5.76 Å². The molecule has 1 amide bonds. The lowest BCUT2D eigenvalue weighted by atomic mass is 10.0. The van der Waals surface area contributed by atoms with Crippen LogP contribution in [0.25, 0.3) is 5.65 Å². The molecule has 3 aromatic rings. The van der Waals surface area contributed by atoms with E-state index in [1.165, 1.54) is 10.7 Å². The first-order valence-electron chi connectivity index (χ1n) is 6.99. The lowest BCUT2D eigenvalue weighted by Gasteiger charge is -2.32. The number of carbonyl (C=O) groups excluding carboxylic acids is 1. The fraction of sp³-hybridized carbons (Fsp3) is 0.267. The number of fused-ring (bicyclic) bond motifs is 2. The maximum Gasteiger partial charge on any atom is 0.275 e. The van der Waals surface area contributed by atoms with Crippen LogP contribution in [0.1, 0.15) is 28.7 Å². The van der Waals surface area contributed by atoms with Gasteiger partial charge >= 0.3 is 0 Å². The minimum atomic E-state index is -0.110. The number of amides is 1. The van der Waals surface area contributed by atoms with Crippen LogP contribution in [-0.2, 0) is 13.0 Å². The topological polar surface area (TPSA) is 63.6 Å². The zero-order valence-electron chi connectivity index (χ0n) is 11.9. The largest absolute Gasteiger partial charge is 0.469 e. The molecule has 0 fully saturated rings. The van der Waals surface area contributed by atoms with Crippen LogP contribution in [0.4, 0.5) is 0 Å². The molecule has 0 bridgehead atoms. The molecule has 22 heavy (non-hydrogen) atoms. The maximum absolute atomic E-state index is 12.8. The molecule has 0 saturated carbocycles. The predicted molar refractivity (Wildman–Crippen MR) is 79.7 cm³/mol. The van der Waals surface area contributed by atoms with Crippen molar-refractivity contribution in [2.75, 3.05) is 0 Å². The third kappa shape index (κ3) is 2.07. The Morgan fingerprint density at radius 2 is 2.36 bits per heavy atom. The van der Waals surface area contributed by atoms with Crippen molar-refractivity contribution in [3.8, 4) is 0 Å². The molecular weight excluding hydrogens is 304 g/mol. The Morgan fingerprint density at radius 1 is 1.50 bits per heavy atom. The summed E-state index contributed by atoms with van der Waals surface area (Å²) in [6, 6.07) is 3.65. The second kappa shape index (κ2) is 4.84. The van der Waals surface area contributed by atoms with Gasteiger partial charge in [-0.2, -0.15) is 5.10 Å². The van der Waals surface area contributed by atoms with Crippen LogP contribution in [0.3, 0.4) is 0 Å². The molecule has 1 unspecified atom stereocenters. The second-order valence-corrected chi connectivity index (χ2v) is 5.90. The molecular formula is C15H13ClN4O2. The molecule has 0 aromatic carbocycles. The highest BCUT2D eigenvalue weighted by Gasteiger charge is 2.30. The SMILES string of the molecule is CC1Cc2occc2CN1C(=O)c1cc2ncc(Cl)cn2n1. The van der Waals surface area contributed by atoms with Crippen molar-refractivity contribution in [2.24, 2.45) is 0 Å². The van der Waals surface area contributed by atoms with Crippen LogP contribution in [0.2, 0.25) is 5.02 Å². The lowest BCUT2D eigenvalue weighted by molar-refractivity contribution is 0.0643. The molecule has 0 spiro atoms. The molecule has 1 aliphatic heterocycles. The number of hydrogen-bond donors (Lipinski definition) is 0. The molecule has 4 heterocycles. The van der Waals surface area contributed by atoms with E-state index in [1.54, 1.807) is 23.4 Å². The van der Waals surface area contributed by atoms with Crippen molar-refractivity contribution in [1.29, 1.82) is 0 Å². The summed E-state index contributed by atoms with van der Waals surface area (Å²) in [5.41, 5.74) is 2.02. The Balaban J connectivity index is 1.68. The van der Waals surface area contributed by atoms with E-state index in [-0.39, 0.29) is 11.9 Å². The van der Waals surface area contributed by atoms with Crippen molar-refractivity contribution < 1.29 is 9.21 Å². The normalized spacial score (nSPS) is 17.7. The maximum atomic E-state index is 12.8. The Kier molecular flexibility index (Phi) is 2.94. The van der Waals surface area contributed by atoms with Crippen LogP contribution in [0, 0.1) is 0 Å². The number of halogens is 1. The molecule has 0 N–H and O–H groups in total. The molecule has 0 saturated heterocycles. The third-order valence-corrected chi connectivity index (χ3v) is 4.15. The lowest BCUT2D eigenvalue weighted by Crippen LogP contribution is -2.42. The Bertz CT molecular complexity index is 869. The van der Waals surface area contributed by atoms with Gasteiger partial charge in [0.15, 0.2) is 11.3 Å². The van der Waals surface area contributed by atoms with Gasteiger partial charge in [-0.3, -0.25) is 4.79 Å². The molecule has 7 heteroatoms. The quantitative estimate of drug-likeness (QED) is 0.692. The van der Waals surface area contributed by atoms with E-state index in [2.05, 4.69) is 10.1 Å². The summed E-state index contributed by atoms with van der Waals surface area (Å²) >= 11 is 5.89. The van der Waals surface area contributed by atoms with Crippen LogP contribution in [0.5, 0.6) is 0 Å². The van der Waals surface area contributed by atoms with E-state index < -0.39 is 0 Å². The molecule has 4 rings (SSSR count). The standard InChI is InChI=1S/C15H13ClN4O2/c1-9-4-13-10(2-3-22-13)7-19(9)15(21)12-5-14-17-6-11(16)8-20(14)18-12/h2-3,5-6,8-9H,4,7H2,1H3. The molecule has 0 radical (unpaired) electrons. The minimum Gasteiger partial charge on any atom is -0.469 e. The van der Waals surface area contributed by atoms with Crippen LogP contribution < -0.4 is 0 Å². The smallest absolute Gasteiger partial charge is 0.275 e. The Hall–Kier alpha value is -2.34. The molecule has 0 aliphatic carbocycles. The monoisotopic (exact) mass is 316 g/mol. The van der Waals surface area contributed by atoms with Crippen molar-refractivity contribution in [2.45, 2.75) is 25.9 Å². The average Bonchev–Trinajstić information content (AvgIpc) is 3.10. The number of rotatable bonds is 1. The van der Waals surface area contributed by atoms with Crippen LogP contribution in [-0.4, -0.2) is 31.4 Å². The Labute approximate surface area is 131 Å². The van der Waals surface area contributed by atoms with E-state index in [0.29, 0.717) is 29.3 Å². The second-order valence-electron chi connectivity index (χ2n) is 5.46. The fourth-order valence-corrected chi connectivity index (χ4v) is 2.92. The van der Waals surface area contributed by atoms with Gasteiger partial charge in [0.2, 0.25) is 0 Å². The van der Waals surface area contributed by atoms with Crippen LogP contribution >= 0.6 is 11.6 Å². The van der Waals surface area contributed by atoms with Crippen LogP contribution in [0.15, 0.2) is 35.2 Å². The summed E-state index contributed by atoms with van der Waals surface area (Å²) in [6.45, 7) is 2.54. The minimum absolute atomic E-state index is 0.0625. The van der Waals surface area contributed by atoms with E-state index in [4.69, 9.17) is 16.0 Å². The number of furan rings is 1. The Morgan fingerprint density at radius 3 is 3.23 bits per heavy atom. The van der Waals surface area contributed by atoms with E-state index in [9.17, 15) is 4.79 Å². The number of hydrogen-bond acceptors (Lipinski definition) is 4. The fourth-order valence-electron chi connectivity index (χ4n) is 2.78. The van der Waals surface area contributed by atoms with E-state index in [0.717, 1.165) is 11.3 Å². The highest BCUT2D eigenvalue weighted by molar-refractivity contribution is 6.30. The van der Waals surface area contributed by atoms with Crippen molar-refractivity contribution in [3.05, 3.63) is 52.8 Å². The average molecular weight is 317 g/mol. The number of aromatic nitrogens is 3. The summed E-state index contributed by atoms with van der Waals surface area (Å²) in [4.78, 5) is 18.7. The van der Waals surface area contributed by atoms with Gasteiger partial charge < -0.3 is 9.32 Å². The first-order chi connectivity index (χ1) is 10.6. The van der Waals surface area contributed by atoms with Crippen molar-refractivity contribution >= 4 is 23.2 Å². The first-order valence-corrected chi connectivity index (χ1v) is 7.37. The summed E-state index contributed by atoms with van der Waals surface area (Å²) in [7, 11) is 0. The van der Waals surface area contributed by atoms with Crippen molar-refractivity contribution in [3.63, 3.8) is 0 Å². The van der Waals surface area contributed by atoms with E-state index in [1.807, 2.05) is 13.0 Å². The zero-order valence-corrected chi connectivity index (χ0v) is 12.6. The highest BCUT2D eigenvalue weighted by atomic mass is 35.5. The first kappa shape index (κ1) is 13.3. The summed E-state index contributed by atoms with van der Waals surface area (Å²) in [5, 5.41) is 4.76. The summed E-state index contributed by atoms with van der Waals surface area (Å²) in [6.07, 6.45) is 5.55. The molecule has 112 valence electrons. The van der Waals surface area contributed by atoms with Gasteiger partial charge in [0, 0.05) is 36.8 Å². The predicted octanol–water partition coefficient (Wildman–Crippen LogP) is 2.56. The molecule has 1 aliphatic rings. The van der Waals surface area contributed by atoms with Gasteiger partial charge in [-0.05, 0) is 13.0 Å². The van der Waals surface area contributed by atoms with Gasteiger partial charge in [-0.15, -0.1) is 0 Å². The van der Waals surface area contributed by atoms with Gasteiger partial charge in [-0.1, -0.05) is 11.6 Å². The van der Waals surface area contributed by atoms with Crippen molar-refractivity contribution in [1.82, 2.24) is 19.5 Å². The number of carbonyl (C=O) groups is 1. The highest BCUT2D eigenvalue weighted by Crippen LogP contribution is 2.25. The summed E-state index contributed by atoms with van der Waals surface area (Å²) in [5.74, 6) is 0.848. The number of nitrogens with zero attached hydrogens (tertiary/aromatic N) is 4. The molecule has 1 atom stereocenters. The van der Waals surface area contributed by atoms with Gasteiger partial charge in [0.05, 0.1) is 17.5 Å². The summed E-state index contributed by atoms with van der Waals surface area (Å²) < 4.78 is 6.96.